The number of rotatable bonds is 13. The van der Waals surface area contributed by atoms with Gasteiger partial charge in [-0.2, -0.15) is 0 Å². The van der Waals surface area contributed by atoms with Crippen molar-refractivity contribution in [2.45, 2.75) is 44.7 Å². The number of para-hydroxylation sites is 1. The minimum absolute atomic E-state index is 0.129. The molecule has 0 aliphatic carbocycles. The van der Waals surface area contributed by atoms with Crippen molar-refractivity contribution in [2.75, 3.05) is 59.2 Å². The number of nitrogens with one attached hydrogen (secondary N) is 2. The summed E-state index contributed by atoms with van der Waals surface area (Å²) >= 11 is 0. The fourth-order valence-electron chi connectivity index (χ4n) is 5.53. The van der Waals surface area contributed by atoms with Gasteiger partial charge in [0.15, 0.2) is 6.61 Å². The number of fused-ring (bicyclic) bond motifs is 1. The van der Waals surface area contributed by atoms with Crippen LogP contribution in [0.4, 0.5) is 9.18 Å². The maximum Gasteiger partial charge on any atom is 0.409 e. The van der Waals surface area contributed by atoms with Crippen molar-refractivity contribution >= 4 is 46.6 Å². The molecule has 2 saturated heterocycles. The summed E-state index contributed by atoms with van der Waals surface area (Å²) in [6.07, 6.45) is -0.0132. The number of carboxylic acids is 1. The van der Waals surface area contributed by atoms with Gasteiger partial charge in [0.05, 0.1) is 12.1 Å². The number of aliphatic carboxylic acids is 1. The van der Waals surface area contributed by atoms with E-state index in [0.717, 1.165) is 0 Å². The van der Waals surface area contributed by atoms with Gasteiger partial charge in [0.2, 0.25) is 11.8 Å². The monoisotopic (exact) mass is 658 g/mol. The Bertz CT molecular complexity index is 1480. The van der Waals surface area contributed by atoms with Gasteiger partial charge in [-0.25, -0.2) is 14.2 Å². The molecular formula is C31H39FN6O9. The number of benzene rings is 1. The van der Waals surface area contributed by atoms with Crippen molar-refractivity contribution < 1.29 is 47.7 Å². The molecule has 1 aromatic carbocycles. The molecule has 2 fully saturated rings. The summed E-state index contributed by atoms with van der Waals surface area (Å²) in [5.41, 5.74) is 0.242. The van der Waals surface area contributed by atoms with Gasteiger partial charge in [-0.05, 0) is 38.3 Å². The van der Waals surface area contributed by atoms with Crippen LogP contribution in [0.15, 0.2) is 30.3 Å². The number of hydrogen-bond acceptors (Lipinski definition) is 9. The number of alkyl halides is 1. The lowest BCUT2D eigenvalue weighted by atomic mass is 10.1. The fraction of sp³-hybridized carbons (Fsp3) is 0.516. The van der Waals surface area contributed by atoms with E-state index < -0.39 is 61.1 Å². The molecule has 47 heavy (non-hydrogen) atoms. The molecule has 5 amide bonds. The number of carbonyl (C=O) groups excluding carboxylic acids is 5. The van der Waals surface area contributed by atoms with E-state index in [2.05, 4.69) is 15.6 Å². The van der Waals surface area contributed by atoms with E-state index in [0.29, 0.717) is 30.3 Å². The lowest BCUT2D eigenvalue weighted by molar-refractivity contribution is -0.140. The molecule has 16 heteroatoms. The van der Waals surface area contributed by atoms with E-state index in [1.54, 1.807) is 31.2 Å². The average Bonchev–Trinajstić information content (AvgIpc) is 3.58. The van der Waals surface area contributed by atoms with E-state index in [4.69, 9.17) is 9.47 Å². The van der Waals surface area contributed by atoms with Gasteiger partial charge in [0, 0.05) is 57.1 Å². The molecular weight excluding hydrogens is 619 g/mol. The van der Waals surface area contributed by atoms with Crippen molar-refractivity contribution in [1.29, 1.82) is 0 Å². The Kier molecular flexibility index (Phi) is 12.2. The molecule has 1 aromatic heterocycles. The molecule has 0 radical (unpaired) electrons. The van der Waals surface area contributed by atoms with Gasteiger partial charge < -0.3 is 39.9 Å². The van der Waals surface area contributed by atoms with Crippen LogP contribution in [0.25, 0.3) is 10.9 Å². The zero-order valence-electron chi connectivity index (χ0n) is 26.1. The largest absolute Gasteiger partial charge is 0.483 e. The van der Waals surface area contributed by atoms with Crippen LogP contribution >= 0.6 is 0 Å². The summed E-state index contributed by atoms with van der Waals surface area (Å²) in [5.74, 6) is -3.14. The highest BCUT2D eigenvalue weighted by Crippen LogP contribution is 2.26. The Balaban J connectivity index is 1.48. The van der Waals surface area contributed by atoms with Crippen molar-refractivity contribution in [2.24, 2.45) is 0 Å². The van der Waals surface area contributed by atoms with Crippen LogP contribution in [0, 0.1) is 0 Å². The first-order valence-corrected chi connectivity index (χ1v) is 15.5. The Morgan fingerprint density at radius 3 is 2.49 bits per heavy atom. The van der Waals surface area contributed by atoms with Gasteiger partial charge in [-0.3, -0.25) is 24.0 Å². The molecule has 3 N–H and O–H groups in total. The molecule has 3 heterocycles. The quantitative estimate of drug-likeness (QED) is 0.280. The molecule has 0 bridgehead atoms. The average molecular weight is 659 g/mol. The lowest BCUT2D eigenvalue weighted by Crippen LogP contribution is -2.56. The van der Waals surface area contributed by atoms with Crippen LogP contribution in [0.5, 0.6) is 5.75 Å². The number of aromatic nitrogens is 1. The summed E-state index contributed by atoms with van der Waals surface area (Å²) < 4.78 is 23.4. The molecule has 2 aromatic rings. The minimum Gasteiger partial charge on any atom is -0.483 e. The predicted molar refractivity (Wildman–Crippen MR) is 164 cm³/mol. The third-order valence-electron chi connectivity index (χ3n) is 7.90. The third kappa shape index (κ3) is 9.04. The zero-order chi connectivity index (χ0) is 33.9. The van der Waals surface area contributed by atoms with Crippen LogP contribution in [0.3, 0.4) is 0 Å². The number of halogens is 1. The molecule has 4 rings (SSSR count). The van der Waals surface area contributed by atoms with Crippen LogP contribution in [0.2, 0.25) is 0 Å². The molecule has 15 nitrogen and oxygen atoms in total. The number of nitrogens with zero attached hydrogens (tertiary/aromatic N) is 4. The maximum absolute atomic E-state index is 13.5. The third-order valence-corrected chi connectivity index (χ3v) is 7.90. The van der Waals surface area contributed by atoms with Crippen molar-refractivity contribution in [3.05, 3.63) is 36.0 Å². The first-order valence-electron chi connectivity index (χ1n) is 15.5. The number of hydrogen-bond donors (Lipinski definition) is 3. The van der Waals surface area contributed by atoms with Gasteiger partial charge in [-0.15, -0.1) is 0 Å². The normalized spacial score (nSPS) is 16.8. The summed E-state index contributed by atoms with van der Waals surface area (Å²) in [6, 6.07) is 6.17. The zero-order valence-corrected chi connectivity index (χ0v) is 26.1. The molecule has 2 atom stereocenters. The smallest absolute Gasteiger partial charge is 0.409 e. The molecule has 2 aliphatic heterocycles. The standard InChI is InChI=1S/C31H39FN6O9/c1-2-46-31(45)37-16-14-36(15-17-37)30(44)22(9-10-27(40)41)35-28(42)23-18-25(20-6-3-4-7-21(20)34-23)47-19-26(39)38-13-5-8-24(38)29(43)33-12-11-32/h3-4,6-7,18,22,24H,2,5,8-17,19H2,1H3,(H,33,43)(H,35,42)(H,40,41)/t22-,24-/m0/s1. The summed E-state index contributed by atoms with van der Waals surface area (Å²) in [7, 11) is 0. The highest BCUT2D eigenvalue weighted by Gasteiger charge is 2.34. The highest BCUT2D eigenvalue weighted by atomic mass is 19.1. The summed E-state index contributed by atoms with van der Waals surface area (Å²) in [5, 5.41) is 14.9. The van der Waals surface area contributed by atoms with Gasteiger partial charge in [-0.1, -0.05) is 12.1 Å². The number of ether oxygens (including phenoxy) is 2. The summed E-state index contributed by atoms with van der Waals surface area (Å²) in [6.45, 7) is 1.72. The van der Waals surface area contributed by atoms with E-state index in [9.17, 15) is 38.3 Å². The molecule has 0 saturated carbocycles. The van der Waals surface area contributed by atoms with Crippen LogP contribution < -0.4 is 15.4 Å². The Hall–Kier alpha value is -5.02. The van der Waals surface area contributed by atoms with E-state index >= 15 is 0 Å². The summed E-state index contributed by atoms with van der Waals surface area (Å²) in [4.78, 5) is 84.6. The van der Waals surface area contributed by atoms with Crippen LogP contribution in [0.1, 0.15) is 43.1 Å². The number of carbonyl (C=O) groups is 6. The van der Waals surface area contributed by atoms with Gasteiger partial charge >= 0.3 is 12.1 Å². The van der Waals surface area contributed by atoms with Gasteiger partial charge in [0.1, 0.15) is 30.2 Å². The van der Waals surface area contributed by atoms with Crippen molar-refractivity contribution in [3.8, 4) is 5.75 Å². The molecule has 0 spiro atoms. The second-order valence-corrected chi connectivity index (χ2v) is 11.0. The van der Waals surface area contributed by atoms with Gasteiger partial charge in [0.25, 0.3) is 11.8 Å². The maximum atomic E-state index is 13.5. The fourth-order valence-corrected chi connectivity index (χ4v) is 5.53. The number of amides is 5. The van der Waals surface area contributed by atoms with Crippen LogP contribution in [-0.2, 0) is 23.9 Å². The SMILES string of the molecule is CCOC(=O)N1CCN(C(=O)[C@H](CCC(=O)O)NC(=O)c2cc(OCC(=O)N3CCC[C@H]3C(=O)NCCF)c3ccccc3n2)CC1. The molecule has 254 valence electrons. The van der Waals surface area contributed by atoms with Crippen molar-refractivity contribution in [1.82, 2.24) is 30.3 Å². The molecule has 2 aliphatic rings. The second-order valence-electron chi connectivity index (χ2n) is 11.0. The molecule has 0 unspecified atom stereocenters. The topological polar surface area (TPSA) is 188 Å². The number of likely N-dealkylation sites (tertiary alicyclic amines) is 1. The first kappa shape index (κ1) is 34.8. The Labute approximate surface area is 270 Å². The first-order chi connectivity index (χ1) is 22.6. The van der Waals surface area contributed by atoms with Crippen LogP contribution in [-0.4, -0.2) is 132 Å². The highest BCUT2D eigenvalue weighted by molar-refractivity contribution is 5.99. The lowest BCUT2D eigenvalue weighted by Gasteiger charge is -2.35. The van der Waals surface area contributed by atoms with E-state index in [1.807, 2.05) is 0 Å². The second kappa shape index (κ2) is 16.5. The number of carboxylic acid groups (broad SMARTS) is 1. The number of pyridine rings is 1. The Morgan fingerprint density at radius 1 is 1.06 bits per heavy atom. The van der Waals surface area contributed by atoms with Crippen molar-refractivity contribution in [3.63, 3.8) is 0 Å². The minimum atomic E-state index is -1.19. The number of piperazine rings is 1. The predicted octanol–water partition coefficient (Wildman–Crippen LogP) is 0.954. The Morgan fingerprint density at radius 2 is 1.79 bits per heavy atom. The van der Waals surface area contributed by atoms with E-state index in [-0.39, 0.29) is 63.6 Å². The van der Waals surface area contributed by atoms with E-state index in [1.165, 1.54) is 20.8 Å².